The van der Waals surface area contributed by atoms with Crippen molar-refractivity contribution < 1.29 is 42.5 Å². The predicted octanol–water partition coefficient (Wildman–Crippen LogP) is -1.82. The second-order valence-electron chi connectivity index (χ2n) is 2.28. The van der Waals surface area contributed by atoms with Crippen molar-refractivity contribution >= 4 is 45.1 Å². The van der Waals surface area contributed by atoms with Crippen molar-refractivity contribution in [3.05, 3.63) is 23.1 Å². The van der Waals surface area contributed by atoms with E-state index in [2.05, 4.69) is 9.02 Å². The summed E-state index contributed by atoms with van der Waals surface area (Å²) in [5.41, 5.74) is 0.0101. The van der Waals surface area contributed by atoms with Crippen LogP contribution in [0, 0.1) is 0 Å². The van der Waals surface area contributed by atoms with Crippen LogP contribution >= 0.6 is 23.6 Å². The molecule has 1 aliphatic carbocycles. The maximum absolute atomic E-state index is 10.7. The average molecular weight is 277 g/mol. The quantitative estimate of drug-likeness (QED) is 0.321. The summed E-state index contributed by atoms with van der Waals surface area (Å²) < 4.78 is 38.5. The van der Waals surface area contributed by atoms with Crippen molar-refractivity contribution in [1.29, 1.82) is 0 Å². The molecule has 0 radical (unpaired) electrons. The second-order valence-corrected chi connectivity index (χ2v) is 3.96. The van der Waals surface area contributed by atoms with Gasteiger partial charge in [-0.2, -0.15) is 9.02 Å². The molecular weight excluding hydrogens is 274 g/mol. The van der Waals surface area contributed by atoms with Gasteiger partial charge in [0.15, 0.2) is 0 Å². The minimum atomic E-state index is -4.63. The zero-order chi connectivity index (χ0) is 10.8. The third-order valence-corrected chi connectivity index (χ3v) is 2.64. The number of allylic oxidation sites excluding steroid dienone is 4. The molecule has 0 unspecified atom stereocenters. The minimum absolute atomic E-state index is 0. The summed E-state index contributed by atoms with van der Waals surface area (Å²) in [5, 5.41) is 0. The molecule has 0 aliphatic heterocycles. The Morgan fingerprint density at radius 3 is 2.20 bits per heavy atom. The number of nitrogens with zero attached hydrogens (tertiary/aromatic N) is 2. The van der Waals surface area contributed by atoms with Crippen LogP contribution in [-0.4, -0.2) is 24.4 Å². The van der Waals surface area contributed by atoms with Gasteiger partial charge in [-0.05, 0) is 18.2 Å². The molecule has 5 nitrogen and oxygen atoms in total. The van der Waals surface area contributed by atoms with Crippen LogP contribution < -0.4 is 29.6 Å². The molecule has 0 amide bonds. The number of halogens is 2. The smallest absolute Gasteiger partial charge is 0.744 e. The van der Waals surface area contributed by atoms with Gasteiger partial charge in [-0.25, -0.2) is 8.42 Å². The van der Waals surface area contributed by atoms with E-state index in [0.29, 0.717) is 0 Å². The Morgan fingerprint density at radius 1 is 1.20 bits per heavy atom. The van der Waals surface area contributed by atoms with Gasteiger partial charge >= 0.3 is 29.6 Å². The molecule has 1 rings (SSSR count). The summed E-state index contributed by atoms with van der Waals surface area (Å²) >= 11 is 10.2. The van der Waals surface area contributed by atoms with E-state index >= 15 is 0 Å². The van der Waals surface area contributed by atoms with Crippen LogP contribution in [0.15, 0.2) is 32.2 Å². The van der Waals surface area contributed by atoms with Crippen LogP contribution in [0.3, 0.4) is 0 Å². The molecule has 0 bridgehead atoms. The van der Waals surface area contributed by atoms with Crippen LogP contribution in [0.25, 0.3) is 0 Å². The van der Waals surface area contributed by atoms with Gasteiger partial charge in [-0.1, -0.05) is 0 Å². The first-order chi connectivity index (χ1) is 6.49. The van der Waals surface area contributed by atoms with E-state index in [-0.39, 0.29) is 41.0 Å². The summed E-state index contributed by atoms with van der Waals surface area (Å²) in [6.07, 6.45) is 3.61. The van der Waals surface area contributed by atoms with E-state index in [9.17, 15) is 13.0 Å². The Morgan fingerprint density at radius 2 is 1.80 bits per heavy atom. The van der Waals surface area contributed by atoms with Gasteiger partial charge in [0.25, 0.3) is 0 Å². The van der Waals surface area contributed by atoms with Gasteiger partial charge in [-0.15, -0.1) is 0 Å². The van der Waals surface area contributed by atoms with Crippen molar-refractivity contribution in [2.75, 3.05) is 0 Å². The molecule has 0 aromatic carbocycles. The van der Waals surface area contributed by atoms with Crippen LogP contribution in [0.5, 0.6) is 0 Å². The summed E-state index contributed by atoms with van der Waals surface area (Å²) in [7, 11) is -4.63. The van der Waals surface area contributed by atoms with E-state index in [1.807, 2.05) is 0 Å². The molecule has 0 aromatic rings. The maximum Gasteiger partial charge on any atom is 1.00 e. The molecule has 0 aromatic heterocycles. The van der Waals surface area contributed by atoms with E-state index in [0.717, 1.165) is 6.08 Å². The topological polar surface area (TPSA) is 81.9 Å². The molecule has 15 heavy (non-hydrogen) atoms. The molecule has 0 saturated heterocycles. The normalized spacial score (nSPS) is 21.4. The Labute approximate surface area is 119 Å². The van der Waals surface area contributed by atoms with Crippen molar-refractivity contribution in [2.45, 2.75) is 0 Å². The fourth-order valence-corrected chi connectivity index (χ4v) is 1.76. The van der Waals surface area contributed by atoms with Crippen molar-refractivity contribution in [3.63, 3.8) is 0 Å². The van der Waals surface area contributed by atoms with E-state index in [1.165, 1.54) is 12.2 Å². The molecule has 0 atom stereocenters. The van der Waals surface area contributed by atoms with Crippen molar-refractivity contribution in [3.8, 4) is 0 Å². The molecule has 0 N–H and O–H groups in total. The number of hydrogen-bond acceptors (Lipinski definition) is 5. The van der Waals surface area contributed by atoms with Crippen molar-refractivity contribution in [2.24, 2.45) is 9.02 Å². The SMILES string of the molecule is O=S(=O)([O-])C1=CC(=N/Cl)/C=CC/1=N\Cl.[Na+]. The van der Waals surface area contributed by atoms with Gasteiger partial charge in [0.05, 0.1) is 16.3 Å². The molecule has 76 valence electrons. The largest absolute Gasteiger partial charge is 1.00 e. The monoisotopic (exact) mass is 276 g/mol. The van der Waals surface area contributed by atoms with E-state index < -0.39 is 15.0 Å². The summed E-state index contributed by atoms with van der Waals surface area (Å²) in [6, 6.07) is 0. The summed E-state index contributed by atoms with van der Waals surface area (Å²) in [6.45, 7) is 0. The van der Waals surface area contributed by atoms with Gasteiger partial charge in [0, 0.05) is 23.6 Å². The zero-order valence-electron chi connectivity index (χ0n) is 7.52. The van der Waals surface area contributed by atoms with Gasteiger partial charge < -0.3 is 4.55 Å². The predicted molar refractivity (Wildman–Crippen MR) is 53.5 cm³/mol. The van der Waals surface area contributed by atoms with E-state index in [4.69, 9.17) is 23.6 Å². The molecule has 1 aliphatic rings. The fourth-order valence-electron chi connectivity index (χ4n) is 0.825. The molecule has 0 spiro atoms. The number of hydrogen-bond donors (Lipinski definition) is 0. The van der Waals surface area contributed by atoms with Crippen LogP contribution in [0.4, 0.5) is 0 Å². The van der Waals surface area contributed by atoms with Gasteiger partial charge in [-0.3, -0.25) is 0 Å². The number of rotatable bonds is 1. The van der Waals surface area contributed by atoms with Crippen LogP contribution in [0.2, 0.25) is 0 Å². The first-order valence-electron chi connectivity index (χ1n) is 3.23. The average Bonchev–Trinajstić information content (AvgIpc) is 2.15. The Hall–Kier alpha value is 0.310. The molecule has 0 saturated carbocycles. The second kappa shape index (κ2) is 6.15. The molecule has 0 heterocycles. The summed E-state index contributed by atoms with van der Waals surface area (Å²) in [5.74, 6) is 0. The Bertz CT molecular complexity index is 467. The van der Waals surface area contributed by atoms with Crippen LogP contribution in [-0.2, 0) is 10.1 Å². The molecule has 9 heteroatoms. The fraction of sp³-hybridized carbons (Fsp3) is 0. The zero-order valence-corrected chi connectivity index (χ0v) is 11.8. The minimum Gasteiger partial charge on any atom is -0.744 e. The standard InChI is InChI=1S/C6H4Cl2N2O3S.Na/c7-9-4-1-2-5(10-8)6(3-4)14(11,12)13;/h1-3H,(H,11,12,13);/q;+1/p-1/b9-4+,10-5+;. The first-order valence-corrected chi connectivity index (χ1v) is 5.31. The first kappa shape index (κ1) is 15.3. The Balaban J connectivity index is 0.00000196. The third kappa shape index (κ3) is 3.99. The third-order valence-electron chi connectivity index (χ3n) is 1.40. The molecule has 0 fully saturated rings. The Kier molecular flexibility index (Phi) is 6.27. The van der Waals surface area contributed by atoms with Crippen molar-refractivity contribution in [1.82, 2.24) is 0 Å². The van der Waals surface area contributed by atoms with Gasteiger partial charge in [0.2, 0.25) is 0 Å². The maximum atomic E-state index is 10.7. The summed E-state index contributed by atoms with van der Waals surface area (Å²) in [4.78, 5) is -0.547. The van der Waals surface area contributed by atoms with E-state index in [1.54, 1.807) is 0 Å². The molecular formula is C6H3Cl2N2NaO3S. The van der Waals surface area contributed by atoms with Gasteiger partial charge in [0.1, 0.15) is 10.1 Å². The van der Waals surface area contributed by atoms with Crippen LogP contribution in [0.1, 0.15) is 0 Å².